The number of nitrogens with one attached hydrogen (secondary N) is 2. The molecule has 0 aliphatic rings. The minimum Gasteiger partial charge on any atom is -0.352 e. The Balaban J connectivity index is 2.27. The van der Waals surface area contributed by atoms with Gasteiger partial charge in [0.25, 0.3) is 15.9 Å². The monoisotopic (exact) mass is 374 g/mol. The van der Waals surface area contributed by atoms with E-state index >= 15 is 0 Å². The fourth-order valence-corrected chi connectivity index (χ4v) is 3.31. The lowest BCUT2D eigenvalue weighted by molar-refractivity contribution is 0.0949. The lowest BCUT2D eigenvalue weighted by Gasteiger charge is -2.13. The van der Waals surface area contributed by atoms with E-state index in [1.165, 1.54) is 37.3 Å². The molecule has 0 aromatic heterocycles. The molecule has 0 heterocycles. The van der Waals surface area contributed by atoms with Crippen molar-refractivity contribution >= 4 is 27.4 Å². The summed E-state index contributed by atoms with van der Waals surface area (Å²) < 4.78 is 27.6. The van der Waals surface area contributed by atoms with Crippen molar-refractivity contribution in [2.24, 2.45) is 5.92 Å². The third-order valence-corrected chi connectivity index (χ3v) is 5.04. The Morgan fingerprint density at radius 3 is 2.19 bits per heavy atom. The SMILES string of the molecule is CC(=O)c1ccc(S(=O)(=O)Nc2ccccc2C(=O)NCC(C)C)cc1. The lowest BCUT2D eigenvalue weighted by Crippen LogP contribution is -2.28. The smallest absolute Gasteiger partial charge is 0.261 e. The molecule has 0 aliphatic heterocycles. The fourth-order valence-electron chi connectivity index (χ4n) is 2.23. The molecule has 0 unspecified atom stereocenters. The maximum Gasteiger partial charge on any atom is 0.261 e. The Kier molecular flexibility index (Phi) is 6.15. The number of carbonyl (C=O) groups is 2. The number of hydrogen-bond donors (Lipinski definition) is 2. The van der Waals surface area contributed by atoms with Gasteiger partial charge in [-0.25, -0.2) is 8.42 Å². The average Bonchev–Trinajstić information content (AvgIpc) is 2.60. The van der Waals surface area contributed by atoms with Gasteiger partial charge in [0.1, 0.15) is 0 Å². The van der Waals surface area contributed by atoms with Crippen molar-refractivity contribution in [1.82, 2.24) is 5.32 Å². The van der Waals surface area contributed by atoms with Crippen LogP contribution in [0.4, 0.5) is 5.69 Å². The molecule has 2 rings (SSSR count). The Labute approximate surface area is 153 Å². The predicted octanol–water partition coefficient (Wildman–Crippen LogP) is 3.08. The molecule has 0 bridgehead atoms. The molecule has 0 atom stereocenters. The Bertz CT molecular complexity index is 903. The molecule has 0 spiro atoms. The molecular formula is C19H22N2O4S. The van der Waals surface area contributed by atoms with Crippen LogP contribution in [-0.4, -0.2) is 26.7 Å². The predicted molar refractivity (Wildman–Crippen MR) is 101 cm³/mol. The summed E-state index contributed by atoms with van der Waals surface area (Å²) in [4.78, 5) is 23.7. The van der Waals surface area contributed by atoms with Crippen LogP contribution in [0.25, 0.3) is 0 Å². The summed E-state index contributed by atoms with van der Waals surface area (Å²) in [6.45, 7) is 5.85. The third-order valence-electron chi connectivity index (χ3n) is 3.66. The van der Waals surface area contributed by atoms with Crippen molar-refractivity contribution in [3.05, 3.63) is 59.7 Å². The molecule has 138 valence electrons. The fraction of sp³-hybridized carbons (Fsp3) is 0.263. The van der Waals surface area contributed by atoms with Crippen molar-refractivity contribution in [3.8, 4) is 0 Å². The summed E-state index contributed by atoms with van der Waals surface area (Å²) in [6, 6.07) is 12.1. The van der Waals surface area contributed by atoms with Gasteiger partial charge >= 0.3 is 0 Å². The summed E-state index contributed by atoms with van der Waals surface area (Å²) in [5, 5.41) is 2.77. The van der Waals surface area contributed by atoms with E-state index in [1.54, 1.807) is 18.2 Å². The minimum absolute atomic E-state index is 0.0138. The topological polar surface area (TPSA) is 92.3 Å². The van der Waals surface area contributed by atoms with Gasteiger partial charge in [-0.2, -0.15) is 0 Å². The summed E-state index contributed by atoms with van der Waals surface area (Å²) >= 11 is 0. The number of carbonyl (C=O) groups excluding carboxylic acids is 2. The maximum atomic E-state index is 12.6. The molecule has 0 fully saturated rings. The molecule has 1 amide bonds. The number of amides is 1. The highest BCUT2D eigenvalue weighted by Gasteiger charge is 2.19. The number of hydrogen-bond acceptors (Lipinski definition) is 4. The van der Waals surface area contributed by atoms with Crippen molar-refractivity contribution in [2.45, 2.75) is 25.7 Å². The lowest BCUT2D eigenvalue weighted by atomic mass is 10.1. The normalized spacial score (nSPS) is 11.2. The van der Waals surface area contributed by atoms with Crippen LogP contribution in [0.5, 0.6) is 0 Å². The molecule has 6 nitrogen and oxygen atoms in total. The van der Waals surface area contributed by atoms with E-state index in [9.17, 15) is 18.0 Å². The van der Waals surface area contributed by atoms with Crippen LogP contribution in [-0.2, 0) is 10.0 Å². The highest BCUT2D eigenvalue weighted by atomic mass is 32.2. The van der Waals surface area contributed by atoms with E-state index in [4.69, 9.17) is 0 Å². The van der Waals surface area contributed by atoms with E-state index in [0.29, 0.717) is 12.1 Å². The van der Waals surface area contributed by atoms with Gasteiger partial charge in [0.05, 0.1) is 16.1 Å². The van der Waals surface area contributed by atoms with Gasteiger partial charge in [-0.05, 0) is 37.1 Å². The van der Waals surface area contributed by atoms with Crippen LogP contribution in [0.15, 0.2) is 53.4 Å². The summed E-state index contributed by atoms with van der Waals surface area (Å²) in [5.74, 6) is -0.208. The van der Waals surface area contributed by atoms with E-state index in [1.807, 2.05) is 13.8 Å². The molecule has 0 radical (unpaired) electrons. The Morgan fingerprint density at radius 2 is 1.62 bits per heavy atom. The van der Waals surface area contributed by atoms with E-state index in [2.05, 4.69) is 10.0 Å². The Hall–Kier alpha value is -2.67. The quantitative estimate of drug-likeness (QED) is 0.729. The number of Topliss-reactive ketones (excluding diaryl/α,β-unsaturated/α-hetero) is 1. The number of ketones is 1. The first-order valence-corrected chi connectivity index (χ1v) is 9.70. The molecule has 2 N–H and O–H groups in total. The van der Waals surface area contributed by atoms with E-state index in [0.717, 1.165) is 0 Å². The maximum absolute atomic E-state index is 12.6. The first kappa shape index (κ1) is 19.7. The molecule has 0 saturated carbocycles. The summed E-state index contributed by atoms with van der Waals surface area (Å²) in [5.41, 5.74) is 0.874. The van der Waals surface area contributed by atoms with Gasteiger partial charge in [0.15, 0.2) is 5.78 Å². The zero-order valence-corrected chi connectivity index (χ0v) is 15.8. The first-order chi connectivity index (χ1) is 12.2. The zero-order valence-electron chi connectivity index (χ0n) is 14.9. The van der Waals surface area contributed by atoms with Gasteiger partial charge in [-0.1, -0.05) is 38.1 Å². The molecule has 7 heteroatoms. The number of rotatable bonds is 7. The number of anilines is 1. The highest BCUT2D eigenvalue weighted by molar-refractivity contribution is 7.92. The van der Waals surface area contributed by atoms with E-state index < -0.39 is 10.0 Å². The van der Waals surface area contributed by atoms with Crippen LogP contribution in [0.1, 0.15) is 41.5 Å². The zero-order chi connectivity index (χ0) is 19.3. The molecule has 2 aromatic carbocycles. The standard InChI is InChI=1S/C19H22N2O4S/c1-13(2)12-20-19(23)17-6-4-5-7-18(17)21-26(24,25)16-10-8-15(9-11-16)14(3)22/h4-11,13,21H,12H2,1-3H3,(H,20,23). The summed E-state index contributed by atoms with van der Waals surface area (Å²) in [7, 11) is -3.88. The minimum atomic E-state index is -3.88. The van der Waals surface area contributed by atoms with Crippen LogP contribution in [0.2, 0.25) is 0 Å². The van der Waals surface area contributed by atoms with Gasteiger partial charge in [-0.15, -0.1) is 0 Å². The van der Waals surface area contributed by atoms with Crippen LogP contribution in [0, 0.1) is 5.92 Å². The van der Waals surface area contributed by atoms with Gasteiger partial charge in [0.2, 0.25) is 0 Å². The van der Waals surface area contributed by atoms with Crippen molar-refractivity contribution in [1.29, 1.82) is 0 Å². The summed E-state index contributed by atoms with van der Waals surface area (Å²) in [6.07, 6.45) is 0. The first-order valence-electron chi connectivity index (χ1n) is 8.22. The molecule has 0 aliphatic carbocycles. The van der Waals surface area contributed by atoms with Crippen LogP contribution in [0.3, 0.4) is 0 Å². The largest absolute Gasteiger partial charge is 0.352 e. The highest BCUT2D eigenvalue weighted by Crippen LogP contribution is 2.20. The molecule has 2 aromatic rings. The third kappa shape index (κ3) is 4.92. The van der Waals surface area contributed by atoms with Gasteiger partial charge in [-0.3, -0.25) is 14.3 Å². The van der Waals surface area contributed by atoms with Crippen molar-refractivity contribution < 1.29 is 18.0 Å². The average molecular weight is 374 g/mol. The number of para-hydroxylation sites is 1. The second kappa shape index (κ2) is 8.14. The molecular weight excluding hydrogens is 352 g/mol. The van der Waals surface area contributed by atoms with Crippen LogP contribution >= 0.6 is 0 Å². The second-order valence-corrected chi connectivity index (χ2v) is 8.02. The van der Waals surface area contributed by atoms with E-state index in [-0.39, 0.29) is 33.8 Å². The second-order valence-electron chi connectivity index (χ2n) is 6.34. The van der Waals surface area contributed by atoms with Gasteiger partial charge in [0, 0.05) is 12.1 Å². The van der Waals surface area contributed by atoms with Crippen molar-refractivity contribution in [2.75, 3.05) is 11.3 Å². The molecule has 0 saturated heterocycles. The van der Waals surface area contributed by atoms with Crippen molar-refractivity contribution in [3.63, 3.8) is 0 Å². The number of benzene rings is 2. The molecule has 26 heavy (non-hydrogen) atoms. The van der Waals surface area contributed by atoms with Crippen LogP contribution < -0.4 is 10.0 Å². The Morgan fingerprint density at radius 1 is 1.00 bits per heavy atom. The van der Waals surface area contributed by atoms with Gasteiger partial charge < -0.3 is 5.32 Å². The number of sulfonamides is 1.